The van der Waals surface area contributed by atoms with Gasteiger partial charge in [-0.2, -0.15) is 0 Å². The molecule has 3 aliphatic rings. The molecule has 2 N–H and O–H groups in total. The smallest absolute Gasteiger partial charge is 0.164 e. The number of aromatic nitrogens is 1. The van der Waals surface area contributed by atoms with Gasteiger partial charge in [-0.15, -0.1) is 0 Å². The molecule has 3 fully saturated rings. The van der Waals surface area contributed by atoms with Gasteiger partial charge < -0.3 is 19.9 Å². The molecule has 0 amide bonds. The van der Waals surface area contributed by atoms with E-state index < -0.39 is 5.79 Å². The van der Waals surface area contributed by atoms with Crippen LogP contribution in [0.4, 0.5) is 5.69 Å². The fraction of sp³-hybridized carbons (Fsp3) is 0.706. The van der Waals surface area contributed by atoms with Crippen LogP contribution in [-0.4, -0.2) is 34.2 Å². The molecule has 120 valence electrons. The molecule has 0 spiro atoms. The van der Waals surface area contributed by atoms with Crippen LogP contribution >= 0.6 is 0 Å². The van der Waals surface area contributed by atoms with Gasteiger partial charge in [-0.25, -0.2) is 0 Å². The maximum absolute atomic E-state index is 6.41. The second-order valence-electron chi connectivity index (χ2n) is 7.83. The minimum atomic E-state index is -0.534. The molecular formula is C17H24N2O3. The lowest BCUT2D eigenvalue weighted by Gasteiger charge is -2.43. The number of fused-ring (bicyclic) bond motifs is 5. The fourth-order valence-electron chi connectivity index (χ4n) is 4.54. The first-order valence-corrected chi connectivity index (χ1v) is 7.98. The van der Waals surface area contributed by atoms with Crippen molar-refractivity contribution in [2.45, 2.75) is 75.7 Å². The quantitative estimate of drug-likeness (QED) is 0.864. The van der Waals surface area contributed by atoms with Gasteiger partial charge in [0.25, 0.3) is 0 Å². The summed E-state index contributed by atoms with van der Waals surface area (Å²) in [4.78, 5) is 4.52. The van der Waals surface area contributed by atoms with Crippen molar-refractivity contribution >= 4 is 5.69 Å². The van der Waals surface area contributed by atoms with Crippen LogP contribution in [0.1, 0.15) is 52.1 Å². The minimum absolute atomic E-state index is 0.0220. The molecule has 3 aliphatic heterocycles. The van der Waals surface area contributed by atoms with E-state index in [-0.39, 0.29) is 23.4 Å². The zero-order valence-corrected chi connectivity index (χ0v) is 13.6. The molecule has 2 bridgehead atoms. The molecule has 1 aromatic rings. The second kappa shape index (κ2) is 4.22. The lowest BCUT2D eigenvalue weighted by atomic mass is 9.82. The highest BCUT2D eigenvalue weighted by atomic mass is 16.8. The Kier molecular flexibility index (Phi) is 2.77. The van der Waals surface area contributed by atoms with Gasteiger partial charge in [0.15, 0.2) is 5.79 Å². The van der Waals surface area contributed by atoms with E-state index in [4.69, 9.17) is 19.9 Å². The first-order chi connectivity index (χ1) is 10.2. The molecule has 0 saturated carbocycles. The number of nitrogens with zero attached hydrogens (tertiary/aromatic N) is 1. The van der Waals surface area contributed by atoms with Crippen LogP contribution in [0.5, 0.6) is 0 Å². The Morgan fingerprint density at radius 3 is 2.14 bits per heavy atom. The number of nitrogens with two attached hydrogens (primary N) is 1. The highest BCUT2D eigenvalue weighted by Crippen LogP contribution is 2.58. The lowest BCUT2D eigenvalue weighted by Crippen LogP contribution is -2.46. The van der Waals surface area contributed by atoms with Gasteiger partial charge >= 0.3 is 0 Å². The molecule has 0 aromatic carbocycles. The number of rotatable bonds is 1. The minimum Gasteiger partial charge on any atom is -0.397 e. The number of nitrogen functional groups attached to an aromatic ring is 1. The maximum atomic E-state index is 6.41. The van der Waals surface area contributed by atoms with E-state index in [1.165, 1.54) is 0 Å². The van der Waals surface area contributed by atoms with Crippen LogP contribution in [0.15, 0.2) is 18.3 Å². The average Bonchev–Trinajstić information content (AvgIpc) is 2.82. The molecule has 5 heteroatoms. The van der Waals surface area contributed by atoms with E-state index >= 15 is 0 Å². The van der Waals surface area contributed by atoms with Gasteiger partial charge in [0.05, 0.1) is 23.1 Å². The molecule has 4 rings (SSSR count). The maximum Gasteiger partial charge on any atom is 0.164 e. The van der Waals surface area contributed by atoms with Gasteiger partial charge in [0.2, 0.25) is 0 Å². The van der Waals surface area contributed by atoms with E-state index in [2.05, 4.69) is 18.8 Å². The molecule has 3 saturated heterocycles. The number of ether oxygens (including phenoxy) is 3. The Bertz CT molecular complexity index is 574. The molecule has 1 unspecified atom stereocenters. The van der Waals surface area contributed by atoms with Crippen LogP contribution in [0.25, 0.3) is 0 Å². The molecule has 5 atom stereocenters. The zero-order valence-electron chi connectivity index (χ0n) is 13.6. The summed E-state index contributed by atoms with van der Waals surface area (Å²) >= 11 is 0. The Morgan fingerprint density at radius 2 is 1.64 bits per heavy atom. The average molecular weight is 304 g/mol. The third-order valence-corrected chi connectivity index (χ3v) is 5.30. The van der Waals surface area contributed by atoms with Crippen molar-refractivity contribution in [3.63, 3.8) is 0 Å². The Morgan fingerprint density at radius 1 is 1.05 bits per heavy atom. The predicted molar refractivity (Wildman–Crippen MR) is 82.3 cm³/mol. The van der Waals surface area contributed by atoms with Crippen molar-refractivity contribution in [3.8, 4) is 0 Å². The molecule has 5 nitrogen and oxygen atoms in total. The Labute approximate surface area is 131 Å². The van der Waals surface area contributed by atoms with E-state index in [9.17, 15) is 0 Å². The van der Waals surface area contributed by atoms with E-state index in [0.717, 1.165) is 18.5 Å². The first kappa shape index (κ1) is 14.4. The van der Waals surface area contributed by atoms with Crippen LogP contribution in [0, 0.1) is 0 Å². The normalized spacial score (nSPS) is 45.7. The summed E-state index contributed by atoms with van der Waals surface area (Å²) in [7, 11) is 0. The van der Waals surface area contributed by atoms with Gasteiger partial charge in [-0.1, -0.05) is 0 Å². The summed E-state index contributed by atoms with van der Waals surface area (Å²) in [5.74, 6) is -0.196. The van der Waals surface area contributed by atoms with Crippen LogP contribution in [0.3, 0.4) is 0 Å². The van der Waals surface area contributed by atoms with Crippen molar-refractivity contribution in [3.05, 3.63) is 24.0 Å². The lowest BCUT2D eigenvalue weighted by molar-refractivity contribution is -0.242. The van der Waals surface area contributed by atoms with Crippen LogP contribution in [-0.2, 0) is 14.2 Å². The third kappa shape index (κ3) is 1.99. The Balaban J connectivity index is 1.67. The standard InChI is InChI=1S/C17H24N2O3/c1-15(2)20-13-14(21-15)17(4)8-10(7-16(13,3)22-17)12-6-5-11(18)9-19-12/h5-6,9-10,13-14H,7-8,18H2,1-4H3/t10?,13-,14+,16+,17-. The van der Waals surface area contributed by atoms with E-state index in [1.807, 2.05) is 26.0 Å². The number of anilines is 1. The summed E-state index contributed by atoms with van der Waals surface area (Å²) in [6.07, 6.45) is 3.46. The first-order valence-electron chi connectivity index (χ1n) is 7.98. The topological polar surface area (TPSA) is 66.6 Å². The predicted octanol–water partition coefficient (Wildman–Crippen LogP) is 2.61. The number of pyridine rings is 1. The molecule has 1 aromatic heterocycles. The summed E-state index contributed by atoms with van der Waals surface area (Å²) in [5, 5.41) is 0. The van der Waals surface area contributed by atoms with Crippen LogP contribution in [0.2, 0.25) is 0 Å². The van der Waals surface area contributed by atoms with E-state index in [0.29, 0.717) is 11.6 Å². The fourth-order valence-corrected chi connectivity index (χ4v) is 4.54. The highest BCUT2D eigenvalue weighted by Gasteiger charge is 2.68. The van der Waals surface area contributed by atoms with Crippen molar-refractivity contribution in [1.82, 2.24) is 4.98 Å². The second-order valence-corrected chi connectivity index (χ2v) is 7.83. The molecule has 22 heavy (non-hydrogen) atoms. The SMILES string of the molecule is CC1(C)O[C@@H]2[C@H](O1)[C@@]1(C)CC(c3ccc(N)cn3)C[C@]2(C)O1. The Hall–Kier alpha value is -1.17. The van der Waals surface area contributed by atoms with Gasteiger partial charge in [-0.3, -0.25) is 4.98 Å². The highest BCUT2D eigenvalue weighted by molar-refractivity contribution is 5.36. The van der Waals surface area contributed by atoms with Crippen molar-refractivity contribution in [2.24, 2.45) is 0 Å². The summed E-state index contributed by atoms with van der Waals surface area (Å²) in [5.41, 5.74) is 6.86. The van der Waals surface area contributed by atoms with Crippen molar-refractivity contribution in [1.29, 1.82) is 0 Å². The van der Waals surface area contributed by atoms with Gasteiger partial charge in [0.1, 0.15) is 12.2 Å². The number of hydrogen-bond donors (Lipinski definition) is 1. The monoisotopic (exact) mass is 304 g/mol. The van der Waals surface area contributed by atoms with Gasteiger partial charge in [0, 0.05) is 11.6 Å². The third-order valence-electron chi connectivity index (χ3n) is 5.30. The zero-order chi connectivity index (χ0) is 15.8. The summed E-state index contributed by atoms with van der Waals surface area (Å²) in [6.45, 7) is 8.24. The summed E-state index contributed by atoms with van der Waals surface area (Å²) in [6, 6.07) is 3.94. The molecule has 0 radical (unpaired) electrons. The summed E-state index contributed by atoms with van der Waals surface area (Å²) < 4.78 is 18.7. The molecule has 0 aliphatic carbocycles. The van der Waals surface area contributed by atoms with Crippen molar-refractivity contribution in [2.75, 3.05) is 5.73 Å². The van der Waals surface area contributed by atoms with Crippen molar-refractivity contribution < 1.29 is 14.2 Å². The van der Waals surface area contributed by atoms with E-state index in [1.54, 1.807) is 6.20 Å². The number of hydrogen-bond acceptors (Lipinski definition) is 5. The largest absolute Gasteiger partial charge is 0.397 e. The van der Waals surface area contributed by atoms with Gasteiger partial charge in [-0.05, 0) is 52.7 Å². The van der Waals surface area contributed by atoms with Crippen LogP contribution < -0.4 is 5.73 Å². The molecular weight excluding hydrogens is 280 g/mol. The molecule has 4 heterocycles.